The van der Waals surface area contributed by atoms with Crippen LogP contribution >= 0.6 is 0 Å². The second-order valence-corrected chi connectivity index (χ2v) is 13.3. The molecule has 5 atom stereocenters. The molecule has 1 saturated heterocycles. The van der Waals surface area contributed by atoms with Crippen molar-refractivity contribution in [2.75, 3.05) is 6.54 Å². The van der Waals surface area contributed by atoms with Crippen molar-refractivity contribution < 1.29 is 19.5 Å². The Morgan fingerprint density at radius 3 is 2.23 bits per heavy atom. The van der Waals surface area contributed by atoms with Gasteiger partial charge in [-0.3, -0.25) is 14.4 Å². The summed E-state index contributed by atoms with van der Waals surface area (Å²) < 4.78 is 0. The Bertz CT molecular complexity index is 873. The van der Waals surface area contributed by atoms with Crippen molar-refractivity contribution in [2.45, 2.75) is 123 Å². The molecule has 198 valence electrons. The molecule has 35 heavy (non-hydrogen) atoms. The SMILES string of the molecule is CCCC(NC(=O)[C@@H]1C[C@@]2(CN1C(=O)[C@@H](N)C(C)(C)C)C(C)(C)C21CCC1)C(O)C(=O)NC1CC1. The summed E-state index contributed by atoms with van der Waals surface area (Å²) >= 11 is 0. The van der Waals surface area contributed by atoms with Crippen LogP contribution < -0.4 is 16.4 Å². The first-order valence-corrected chi connectivity index (χ1v) is 13.6. The van der Waals surface area contributed by atoms with Crippen molar-refractivity contribution in [1.29, 1.82) is 0 Å². The van der Waals surface area contributed by atoms with Gasteiger partial charge in [0, 0.05) is 18.0 Å². The molecule has 0 aromatic heterocycles. The van der Waals surface area contributed by atoms with Crippen molar-refractivity contribution in [3.8, 4) is 0 Å². The number of likely N-dealkylation sites (tertiary alicyclic amines) is 1. The van der Waals surface area contributed by atoms with Gasteiger partial charge in [-0.05, 0) is 54.8 Å². The van der Waals surface area contributed by atoms with Gasteiger partial charge in [-0.1, -0.05) is 54.4 Å². The van der Waals surface area contributed by atoms with Crippen LogP contribution in [0.5, 0.6) is 0 Å². The largest absolute Gasteiger partial charge is 0.381 e. The predicted molar refractivity (Wildman–Crippen MR) is 134 cm³/mol. The smallest absolute Gasteiger partial charge is 0.251 e. The maximum absolute atomic E-state index is 13.7. The van der Waals surface area contributed by atoms with Crippen LogP contribution in [0.2, 0.25) is 0 Å². The van der Waals surface area contributed by atoms with Gasteiger partial charge < -0.3 is 26.4 Å². The summed E-state index contributed by atoms with van der Waals surface area (Å²) in [5.74, 6) is -0.912. The Labute approximate surface area is 210 Å². The van der Waals surface area contributed by atoms with Crippen molar-refractivity contribution in [1.82, 2.24) is 15.5 Å². The summed E-state index contributed by atoms with van der Waals surface area (Å²) in [6.07, 6.45) is 5.81. The maximum Gasteiger partial charge on any atom is 0.251 e. The zero-order valence-electron chi connectivity index (χ0n) is 22.4. The molecule has 1 heterocycles. The second-order valence-electron chi connectivity index (χ2n) is 13.3. The molecule has 1 aliphatic heterocycles. The fraction of sp³-hybridized carbons (Fsp3) is 0.889. The first-order valence-electron chi connectivity index (χ1n) is 13.6. The number of carbonyl (C=O) groups excluding carboxylic acids is 3. The Kier molecular flexibility index (Phi) is 6.58. The molecular weight excluding hydrogens is 444 g/mol. The lowest BCUT2D eigenvalue weighted by molar-refractivity contribution is -0.142. The van der Waals surface area contributed by atoms with Crippen LogP contribution in [-0.4, -0.2) is 64.5 Å². The van der Waals surface area contributed by atoms with E-state index in [0.717, 1.165) is 25.7 Å². The molecule has 2 unspecified atom stereocenters. The Morgan fingerprint density at radius 1 is 1.14 bits per heavy atom. The zero-order valence-corrected chi connectivity index (χ0v) is 22.4. The molecule has 3 saturated carbocycles. The van der Waals surface area contributed by atoms with Crippen LogP contribution in [0.1, 0.15) is 92.9 Å². The Morgan fingerprint density at radius 2 is 1.77 bits per heavy atom. The van der Waals surface area contributed by atoms with Crippen molar-refractivity contribution in [2.24, 2.45) is 27.4 Å². The van der Waals surface area contributed by atoms with Gasteiger partial charge in [0.05, 0.1) is 12.1 Å². The zero-order chi connectivity index (χ0) is 26.0. The standard InChI is InChI=1S/C27H46N4O4/c1-7-9-17(19(32)22(34)29-16-10-11-16)30-21(33)18-14-27(25(5,6)26(27)12-8-13-26)15-31(18)23(35)20(28)24(2,3)4/h16-20,32H,7-15,28H2,1-6H3,(H,29,34)(H,30,33)/t17?,18-,19?,20+,27+/m0/s1. The van der Waals surface area contributed by atoms with Gasteiger partial charge in [0.15, 0.2) is 6.10 Å². The highest BCUT2D eigenvalue weighted by atomic mass is 16.3. The van der Waals surface area contributed by atoms with Gasteiger partial charge in [-0.15, -0.1) is 0 Å². The first kappa shape index (κ1) is 26.4. The lowest BCUT2D eigenvalue weighted by atomic mass is 9.73. The number of nitrogens with zero attached hydrogens (tertiary/aromatic N) is 1. The van der Waals surface area contributed by atoms with E-state index in [1.807, 2.05) is 27.7 Å². The van der Waals surface area contributed by atoms with Crippen molar-refractivity contribution in [3.63, 3.8) is 0 Å². The molecular formula is C27H46N4O4. The van der Waals surface area contributed by atoms with Crippen LogP contribution in [0, 0.1) is 21.7 Å². The van der Waals surface area contributed by atoms with Crippen LogP contribution in [-0.2, 0) is 14.4 Å². The lowest BCUT2D eigenvalue weighted by Crippen LogP contribution is -2.58. The van der Waals surface area contributed by atoms with Gasteiger partial charge in [0.25, 0.3) is 5.91 Å². The molecule has 4 aliphatic rings. The first-order chi connectivity index (χ1) is 16.2. The highest BCUT2D eigenvalue weighted by Gasteiger charge is 2.85. The third-order valence-electron chi connectivity index (χ3n) is 10.1. The van der Waals surface area contributed by atoms with E-state index in [4.69, 9.17) is 5.73 Å². The number of hydrogen-bond acceptors (Lipinski definition) is 5. The van der Waals surface area contributed by atoms with E-state index in [0.29, 0.717) is 25.8 Å². The van der Waals surface area contributed by atoms with E-state index in [-0.39, 0.29) is 34.1 Å². The molecule has 2 spiro atoms. The fourth-order valence-electron chi connectivity index (χ4n) is 7.21. The van der Waals surface area contributed by atoms with Gasteiger partial charge in [-0.25, -0.2) is 0 Å². The quantitative estimate of drug-likeness (QED) is 0.415. The number of nitrogens with one attached hydrogen (secondary N) is 2. The average molecular weight is 491 g/mol. The number of carbonyl (C=O) groups is 3. The summed E-state index contributed by atoms with van der Waals surface area (Å²) in [4.78, 5) is 41.6. The third kappa shape index (κ3) is 4.08. The van der Waals surface area contributed by atoms with E-state index in [9.17, 15) is 19.5 Å². The summed E-state index contributed by atoms with van der Waals surface area (Å²) in [7, 11) is 0. The number of aliphatic hydroxyl groups is 1. The number of fused-ring (bicyclic) bond motifs is 1. The highest BCUT2D eigenvalue weighted by Crippen LogP contribution is 2.88. The average Bonchev–Trinajstić information content (AvgIpc) is 3.56. The van der Waals surface area contributed by atoms with E-state index in [2.05, 4.69) is 24.5 Å². The summed E-state index contributed by atoms with van der Waals surface area (Å²) in [6, 6.07) is -1.92. The minimum atomic E-state index is -1.31. The maximum atomic E-state index is 13.7. The number of aliphatic hydroxyl groups excluding tert-OH is 1. The highest BCUT2D eigenvalue weighted by molar-refractivity contribution is 5.92. The molecule has 0 radical (unpaired) electrons. The third-order valence-corrected chi connectivity index (χ3v) is 10.1. The van der Waals surface area contributed by atoms with Crippen molar-refractivity contribution in [3.05, 3.63) is 0 Å². The molecule has 3 aliphatic carbocycles. The second kappa shape index (κ2) is 8.72. The monoisotopic (exact) mass is 490 g/mol. The summed E-state index contributed by atoms with van der Waals surface area (Å²) in [5.41, 5.74) is 6.13. The molecule has 8 nitrogen and oxygen atoms in total. The minimum Gasteiger partial charge on any atom is -0.381 e. The van der Waals surface area contributed by atoms with E-state index >= 15 is 0 Å². The van der Waals surface area contributed by atoms with Gasteiger partial charge in [-0.2, -0.15) is 0 Å². The van der Waals surface area contributed by atoms with Crippen LogP contribution in [0.15, 0.2) is 0 Å². The summed E-state index contributed by atoms with van der Waals surface area (Å²) in [5, 5.41) is 16.5. The molecule has 0 aromatic carbocycles. The molecule has 8 heteroatoms. The Hall–Kier alpha value is -1.67. The number of nitrogens with two attached hydrogens (primary N) is 1. The number of hydrogen-bond donors (Lipinski definition) is 4. The lowest BCUT2D eigenvalue weighted by Gasteiger charge is -2.34. The Balaban J connectivity index is 1.56. The van der Waals surface area contributed by atoms with Crippen LogP contribution in [0.3, 0.4) is 0 Å². The molecule has 4 fully saturated rings. The van der Waals surface area contributed by atoms with E-state index in [1.165, 1.54) is 6.42 Å². The van der Waals surface area contributed by atoms with Gasteiger partial charge in [0.1, 0.15) is 6.04 Å². The van der Waals surface area contributed by atoms with Crippen LogP contribution in [0.4, 0.5) is 0 Å². The van der Waals surface area contributed by atoms with Crippen LogP contribution in [0.25, 0.3) is 0 Å². The number of rotatable bonds is 8. The molecule has 3 amide bonds. The molecule has 0 bridgehead atoms. The van der Waals surface area contributed by atoms with Gasteiger partial charge in [0.2, 0.25) is 11.8 Å². The number of amides is 3. The van der Waals surface area contributed by atoms with E-state index < -0.39 is 35.6 Å². The molecule has 0 aromatic rings. The molecule has 4 rings (SSSR count). The normalized spacial score (nSPS) is 31.0. The fourth-order valence-corrected chi connectivity index (χ4v) is 7.21. The summed E-state index contributed by atoms with van der Waals surface area (Å²) in [6.45, 7) is 12.9. The van der Waals surface area contributed by atoms with Gasteiger partial charge >= 0.3 is 0 Å². The van der Waals surface area contributed by atoms with Crippen molar-refractivity contribution >= 4 is 17.7 Å². The molecule has 5 N–H and O–H groups in total. The topological polar surface area (TPSA) is 125 Å². The minimum absolute atomic E-state index is 0.0596. The predicted octanol–water partition coefficient (Wildman–Crippen LogP) is 2.08. The van der Waals surface area contributed by atoms with E-state index in [1.54, 1.807) is 4.90 Å².